The molecule has 0 spiro atoms. The minimum absolute atomic E-state index is 0.0330. The first-order valence-electron chi connectivity index (χ1n) is 5.49. The van der Waals surface area contributed by atoms with Gasteiger partial charge < -0.3 is 14.7 Å². The van der Waals surface area contributed by atoms with Gasteiger partial charge in [-0.05, 0) is 33.6 Å². The normalized spacial score (nSPS) is 28.4. The Morgan fingerprint density at radius 2 is 1.87 bits per heavy atom. The van der Waals surface area contributed by atoms with Gasteiger partial charge in [0.25, 0.3) is 5.95 Å². The topological polar surface area (TPSA) is 32.7 Å². The van der Waals surface area contributed by atoms with Crippen LogP contribution in [0, 0.1) is 0 Å². The average Bonchev–Trinajstić information content (AvgIpc) is 2.55. The number of rotatable bonds is 3. The van der Waals surface area contributed by atoms with Crippen molar-refractivity contribution in [3.63, 3.8) is 0 Å². The summed E-state index contributed by atoms with van der Waals surface area (Å²) in [6, 6.07) is 1.07. The molecular weight excluding hydrogens is 190 g/mol. The van der Waals surface area contributed by atoms with E-state index in [9.17, 15) is 5.11 Å². The first-order chi connectivity index (χ1) is 7.10. The second-order valence-corrected chi connectivity index (χ2v) is 4.08. The summed E-state index contributed by atoms with van der Waals surface area (Å²) in [4.78, 5) is 2.33. The van der Waals surface area contributed by atoms with Crippen molar-refractivity contribution in [3.8, 4) is 0 Å². The van der Waals surface area contributed by atoms with Crippen molar-refractivity contribution in [2.75, 3.05) is 7.11 Å². The van der Waals surface area contributed by atoms with E-state index in [2.05, 4.69) is 18.7 Å². The molecule has 0 radical (unpaired) electrons. The van der Waals surface area contributed by atoms with Gasteiger partial charge in [0.1, 0.15) is 0 Å². The zero-order chi connectivity index (χ0) is 11.4. The Bertz CT molecular complexity index is 261. The molecule has 2 atom stereocenters. The maximum Gasteiger partial charge on any atom is 0.278 e. The highest BCUT2D eigenvalue weighted by Crippen LogP contribution is 2.28. The van der Waals surface area contributed by atoms with Crippen molar-refractivity contribution in [2.45, 2.75) is 45.7 Å². The third-order valence-corrected chi connectivity index (χ3v) is 3.03. The molecule has 1 fully saturated rings. The third-order valence-electron chi connectivity index (χ3n) is 3.03. The molecule has 3 nitrogen and oxygen atoms in total. The van der Waals surface area contributed by atoms with E-state index in [1.54, 1.807) is 6.08 Å². The summed E-state index contributed by atoms with van der Waals surface area (Å²) in [6.07, 6.45) is 6.10. The molecular formula is C12H21NO2. The summed E-state index contributed by atoms with van der Waals surface area (Å²) in [5.74, 6) is -0.0330. The van der Waals surface area contributed by atoms with Gasteiger partial charge in [0.2, 0.25) is 0 Å². The number of ether oxygens (including phenoxy) is 1. The Morgan fingerprint density at radius 3 is 2.27 bits per heavy atom. The number of hydrogen-bond donors (Lipinski definition) is 1. The van der Waals surface area contributed by atoms with Crippen molar-refractivity contribution >= 4 is 0 Å². The van der Waals surface area contributed by atoms with Gasteiger partial charge in [0, 0.05) is 23.9 Å². The van der Waals surface area contributed by atoms with Crippen molar-refractivity contribution in [2.24, 2.45) is 0 Å². The summed E-state index contributed by atoms with van der Waals surface area (Å²) < 4.78 is 4.76. The van der Waals surface area contributed by atoms with Gasteiger partial charge >= 0.3 is 0 Å². The highest BCUT2D eigenvalue weighted by molar-refractivity contribution is 5.20. The minimum atomic E-state index is -0.0330. The molecule has 0 bridgehead atoms. The summed E-state index contributed by atoms with van der Waals surface area (Å²) >= 11 is 0. The first-order valence-corrected chi connectivity index (χ1v) is 5.49. The predicted octanol–water partition coefficient (Wildman–Crippen LogP) is 2.81. The van der Waals surface area contributed by atoms with Crippen LogP contribution in [0.2, 0.25) is 0 Å². The molecule has 86 valence electrons. The molecule has 15 heavy (non-hydrogen) atoms. The van der Waals surface area contributed by atoms with Gasteiger partial charge in [-0.2, -0.15) is 0 Å². The number of allylic oxidation sites excluding steroid dienone is 2. The number of nitrogens with zero attached hydrogens (tertiary/aromatic N) is 1. The summed E-state index contributed by atoms with van der Waals surface area (Å²) in [7, 11) is 1.47. The summed E-state index contributed by atoms with van der Waals surface area (Å²) in [5, 5.41) is 9.36. The second kappa shape index (κ2) is 5.10. The SMILES string of the molecule is C/C=C(\C=C(/O)OC)N1[C@H](C)CC[C@H]1C. The quantitative estimate of drug-likeness (QED) is 0.575. The fourth-order valence-electron chi connectivity index (χ4n) is 2.20. The van der Waals surface area contributed by atoms with Gasteiger partial charge in [0.05, 0.1) is 7.11 Å². The lowest BCUT2D eigenvalue weighted by molar-refractivity contribution is 0.134. The van der Waals surface area contributed by atoms with Gasteiger partial charge in [-0.15, -0.1) is 0 Å². The van der Waals surface area contributed by atoms with E-state index in [0.29, 0.717) is 12.1 Å². The van der Waals surface area contributed by atoms with Crippen LogP contribution in [0.15, 0.2) is 23.8 Å². The Hall–Kier alpha value is -1.12. The van der Waals surface area contributed by atoms with Gasteiger partial charge in [-0.1, -0.05) is 6.08 Å². The highest BCUT2D eigenvalue weighted by Gasteiger charge is 2.27. The summed E-state index contributed by atoms with van der Waals surface area (Å²) in [5.41, 5.74) is 1.03. The molecule has 1 aliphatic heterocycles. The van der Waals surface area contributed by atoms with E-state index in [1.165, 1.54) is 20.0 Å². The number of aliphatic hydroxyl groups excluding tert-OH is 1. The number of hydrogen-bond acceptors (Lipinski definition) is 3. The zero-order valence-corrected chi connectivity index (χ0v) is 10.0. The molecule has 1 N–H and O–H groups in total. The van der Waals surface area contributed by atoms with E-state index in [1.807, 2.05) is 13.0 Å². The lowest BCUT2D eigenvalue weighted by Gasteiger charge is -2.29. The minimum Gasteiger partial charge on any atom is -0.481 e. The lowest BCUT2D eigenvalue weighted by atomic mass is 10.2. The van der Waals surface area contributed by atoms with E-state index < -0.39 is 0 Å². The Kier molecular flexibility index (Phi) is 4.06. The van der Waals surface area contributed by atoms with Gasteiger partial charge in [-0.3, -0.25) is 0 Å². The fraction of sp³-hybridized carbons (Fsp3) is 0.667. The second-order valence-electron chi connectivity index (χ2n) is 4.08. The lowest BCUT2D eigenvalue weighted by Crippen LogP contribution is -2.31. The van der Waals surface area contributed by atoms with Crippen LogP contribution in [0.4, 0.5) is 0 Å². The maximum atomic E-state index is 9.36. The van der Waals surface area contributed by atoms with Crippen LogP contribution in [0.1, 0.15) is 33.6 Å². The molecule has 0 unspecified atom stereocenters. The number of aliphatic hydroxyl groups is 1. The van der Waals surface area contributed by atoms with Crippen LogP contribution in [-0.4, -0.2) is 29.2 Å². The maximum absolute atomic E-state index is 9.36. The Morgan fingerprint density at radius 1 is 1.33 bits per heavy atom. The highest BCUT2D eigenvalue weighted by atomic mass is 16.6. The van der Waals surface area contributed by atoms with E-state index in [4.69, 9.17) is 4.74 Å². The van der Waals surface area contributed by atoms with Crippen molar-refractivity contribution in [1.82, 2.24) is 4.90 Å². The van der Waals surface area contributed by atoms with E-state index in [-0.39, 0.29) is 5.95 Å². The van der Waals surface area contributed by atoms with Crippen molar-refractivity contribution < 1.29 is 9.84 Å². The molecule has 3 heteroatoms. The average molecular weight is 211 g/mol. The van der Waals surface area contributed by atoms with Crippen LogP contribution < -0.4 is 0 Å². The smallest absolute Gasteiger partial charge is 0.278 e. The molecule has 1 aliphatic rings. The van der Waals surface area contributed by atoms with E-state index >= 15 is 0 Å². The van der Waals surface area contributed by atoms with Crippen LogP contribution in [0.25, 0.3) is 0 Å². The zero-order valence-electron chi connectivity index (χ0n) is 10.0. The summed E-state index contributed by atoms with van der Waals surface area (Å²) in [6.45, 7) is 6.40. The molecule has 0 amide bonds. The predicted molar refractivity (Wildman–Crippen MR) is 61.5 cm³/mol. The molecule has 0 aromatic rings. The number of likely N-dealkylation sites (tertiary alicyclic amines) is 1. The number of methoxy groups -OCH3 is 1. The molecule has 0 aromatic carbocycles. The molecule has 0 aromatic heterocycles. The molecule has 1 rings (SSSR count). The Balaban J connectivity index is 2.83. The molecule has 0 saturated carbocycles. The van der Waals surface area contributed by atoms with Gasteiger partial charge in [0.15, 0.2) is 0 Å². The van der Waals surface area contributed by atoms with Crippen LogP contribution in [0.3, 0.4) is 0 Å². The third kappa shape index (κ3) is 2.67. The Labute approximate surface area is 92.0 Å². The van der Waals surface area contributed by atoms with Gasteiger partial charge in [-0.25, -0.2) is 0 Å². The fourth-order valence-corrected chi connectivity index (χ4v) is 2.20. The van der Waals surface area contributed by atoms with Crippen LogP contribution in [-0.2, 0) is 4.74 Å². The monoisotopic (exact) mass is 211 g/mol. The van der Waals surface area contributed by atoms with E-state index in [0.717, 1.165) is 5.70 Å². The van der Waals surface area contributed by atoms with Crippen molar-refractivity contribution in [3.05, 3.63) is 23.8 Å². The molecule has 0 aliphatic carbocycles. The standard InChI is InChI=1S/C12H21NO2/c1-5-11(8-12(14)15-4)13-9(2)6-7-10(13)3/h5,8-10,14H,6-7H2,1-4H3/b11-5+,12-8+/t9-,10-/m1/s1. The van der Waals surface area contributed by atoms with Crippen molar-refractivity contribution in [1.29, 1.82) is 0 Å². The molecule has 1 heterocycles. The van der Waals surface area contributed by atoms with Crippen LogP contribution >= 0.6 is 0 Å². The first kappa shape index (κ1) is 12.0. The largest absolute Gasteiger partial charge is 0.481 e. The molecule has 1 saturated heterocycles. The van der Waals surface area contributed by atoms with Crippen LogP contribution in [0.5, 0.6) is 0 Å².